The summed E-state index contributed by atoms with van der Waals surface area (Å²) in [5, 5.41) is 1.93. The average Bonchev–Trinajstić information content (AvgIpc) is 2.88. The van der Waals surface area contributed by atoms with E-state index in [-0.39, 0.29) is 5.56 Å². The molecule has 5 rings (SSSR count). The fourth-order valence-electron chi connectivity index (χ4n) is 4.08. The summed E-state index contributed by atoms with van der Waals surface area (Å²) in [5.74, 6) is 0.288. The minimum absolute atomic E-state index is 0.190. The Kier molecular flexibility index (Phi) is 6.26. The Morgan fingerprint density at radius 1 is 0.886 bits per heavy atom. The molecule has 1 N–H and O–H groups in total. The van der Waals surface area contributed by atoms with Crippen LogP contribution >= 0.6 is 0 Å². The number of nitrogens with one attached hydrogen (secondary N) is 1. The standard InChI is InChI=1S/C29H24N2O4/c1-2-34-29(33)25-9-5-3-8-20(25)15-22-16-21-17-24(13-14-27(21)31-28(22)32)35-18-23-12-11-19-7-4-6-10-26(19)30-23/h3-14,16-17H,2,15,18H2,1H3,(H,31,32). The van der Waals surface area contributed by atoms with Crippen LogP contribution in [0.3, 0.4) is 0 Å². The van der Waals surface area contributed by atoms with Crippen molar-refractivity contribution in [2.24, 2.45) is 0 Å². The number of carbonyl (C=O) groups excluding carboxylic acids is 1. The van der Waals surface area contributed by atoms with Crippen LogP contribution in [0.4, 0.5) is 0 Å². The first-order valence-corrected chi connectivity index (χ1v) is 11.5. The molecule has 3 aromatic carbocycles. The first kappa shape index (κ1) is 22.3. The van der Waals surface area contributed by atoms with Crippen molar-refractivity contribution in [3.63, 3.8) is 0 Å². The fourth-order valence-corrected chi connectivity index (χ4v) is 4.08. The van der Waals surface area contributed by atoms with Crippen molar-refractivity contribution in [1.29, 1.82) is 0 Å². The molecule has 6 heteroatoms. The molecule has 35 heavy (non-hydrogen) atoms. The molecule has 0 aliphatic rings. The van der Waals surface area contributed by atoms with Crippen LogP contribution < -0.4 is 10.3 Å². The van der Waals surface area contributed by atoms with Crippen molar-refractivity contribution < 1.29 is 14.3 Å². The van der Waals surface area contributed by atoms with Crippen LogP contribution in [-0.2, 0) is 17.8 Å². The third-order valence-corrected chi connectivity index (χ3v) is 5.83. The Morgan fingerprint density at radius 3 is 2.60 bits per heavy atom. The van der Waals surface area contributed by atoms with E-state index in [1.165, 1.54) is 0 Å². The number of fused-ring (bicyclic) bond motifs is 2. The average molecular weight is 465 g/mol. The van der Waals surface area contributed by atoms with Gasteiger partial charge in [-0.05, 0) is 55.0 Å². The lowest BCUT2D eigenvalue weighted by Crippen LogP contribution is -2.15. The zero-order chi connectivity index (χ0) is 24.2. The highest BCUT2D eigenvalue weighted by atomic mass is 16.5. The van der Waals surface area contributed by atoms with Crippen LogP contribution in [0.25, 0.3) is 21.8 Å². The molecular formula is C29H24N2O4. The number of hydrogen-bond donors (Lipinski definition) is 1. The molecule has 5 aromatic rings. The van der Waals surface area contributed by atoms with E-state index in [2.05, 4.69) is 9.97 Å². The minimum Gasteiger partial charge on any atom is -0.487 e. The molecule has 0 amide bonds. The summed E-state index contributed by atoms with van der Waals surface area (Å²) in [6.07, 6.45) is 0.312. The monoisotopic (exact) mass is 464 g/mol. The maximum atomic E-state index is 12.7. The first-order valence-electron chi connectivity index (χ1n) is 11.5. The number of aromatic nitrogens is 2. The van der Waals surface area contributed by atoms with E-state index in [0.717, 1.165) is 27.5 Å². The number of hydrogen-bond acceptors (Lipinski definition) is 5. The highest BCUT2D eigenvalue weighted by Crippen LogP contribution is 2.22. The second kappa shape index (κ2) is 9.81. The number of para-hydroxylation sites is 1. The van der Waals surface area contributed by atoms with Gasteiger partial charge in [0.15, 0.2) is 0 Å². The van der Waals surface area contributed by atoms with Gasteiger partial charge in [-0.3, -0.25) is 4.79 Å². The van der Waals surface area contributed by atoms with Crippen LogP contribution in [-0.4, -0.2) is 22.5 Å². The molecule has 0 spiro atoms. The smallest absolute Gasteiger partial charge is 0.338 e. The molecule has 0 radical (unpaired) electrons. The van der Waals surface area contributed by atoms with Gasteiger partial charge in [-0.2, -0.15) is 0 Å². The highest BCUT2D eigenvalue weighted by Gasteiger charge is 2.14. The van der Waals surface area contributed by atoms with Crippen molar-refractivity contribution in [3.8, 4) is 5.75 Å². The molecule has 0 aliphatic carbocycles. The van der Waals surface area contributed by atoms with Crippen LogP contribution in [0.15, 0.2) is 89.7 Å². The number of carbonyl (C=O) groups is 1. The van der Waals surface area contributed by atoms with Crippen LogP contribution in [0, 0.1) is 0 Å². The Hall–Kier alpha value is -4.45. The van der Waals surface area contributed by atoms with E-state index >= 15 is 0 Å². The molecule has 0 bridgehead atoms. The lowest BCUT2D eigenvalue weighted by atomic mass is 9.99. The van der Waals surface area contributed by atoms with Crippen molar-refractivity contribution >= 4 is 27.8 Å². The van der Waals surface area contributed by atoms with Crippen LogP contribution in [0.1, 0.15) is 34.1 Å². The van der Waals surface area contributed by atoms with E-state index in [0.29, 0.717) is 42.0 Å². The van der Waals surface area contributed by atoms with Gasteiger partial charge in [-0.15, -0.1) is 0 Å². The van der Waals surface area contributed by atoms with Gasteiger partial charge in [0.25, 0.3) is 5.56 Å². The lowest BCUT2D eigenvalue weighted by Gasteiger charge is -2.10. The summed E-state index contributed by atoms with van der Waals surface area (Å²) in [4.78, 5) is 32.6. The molecule has 174 valence electrons. The van der Waals surface area contributed by atoms with Crippen LogP contribution in [0.2, 0.25) is 0 Å². The summed E-state index contributed by atoms with van der Waals surface area (Å²) >= 11 is 0. The van der Waals surface area contributed by atoms with Crippen LogP contribution in [0.5, 0.6) is 5.75 Å². The van der Waals surface area contributed by atoms with Crippen molar-refractivity contribution in [1.82, 2.24) is 9.97 Å². The molecule has 2 heterocycles. The Bertz CT molecular complexity index is 1590. The van der Waals surface area contributed by atoms with Gasteiger partial charge >= 0.3 is 5.97 Å². The minimum atomic E-state index is -0.390. The summed E-state index contributed by atoms with van der Waals surface area (Å²) < 4.78 is 11.2. The largest absolute Gasteiger partial charge is 0.487 e. The highest BCUT2D eigenvalue weighted by molar-refractivity contribution is 5.91. The Morgan fingerprint density at radius 2 is 1.71 bits per heavy atom. The zero-order valence-corrected chi connectivity index (χ0v) is 19.3. The summed E-state index contributed by atoms with van der Waals surface area (Å²) in [6, 6.07) is 26.5. The van der Waals surface area contributed by atoms with E-state index in [4.69, 9.17) is 9.47 Å². The van der Waals surface area contributed by atoms with E-state index in [1.807, 2.05) is 72.8 Å². The molecule has 0 unspecified atom stereocenters. The Labute approximate surface area is 202 Å². The second-order valence-corrected chi connectivity index (χ2v) is 8.21. The molecule has 6 nitrogen and oxygen atoms in total. The topological polar surface area (TPSA) is 81.3 Å². The summed E-state index contributed by atoms with van der Waals surface area (Å²) in [6.45, 7) is 2.39. The lowest BCUT2D eigenvalue weighted by molar-refractivity contribution is 0.0525. The van der Waals surface area contributed by atoms with Crippen molar-refractivity contribution in [3.05, 3.63) is 118 Å². The van der Waals surface area contributed by atoms with Gasteiger partial charge < -0.3 is 14.5 Å². The number of rotatable bonds is 7. The van der Waals surface area contributed by atoms with E-state index < -0.39 is 5.97 Å². The maximum Gasteiger partial charge on any atom is 0.338 e. The first-order chi connectivity index (χ1) is 17.1. The third-order valence-electron chi connectivity index (χ3n) is 5.83. The molecule has 2 aromatic heterocycles. The van der Waals surface area contributed by atoms with Gasteiger partial charge in [0.2, 0.25) is 0 Å². The number of benzene rings is 3. The second-order valence-electron chi connectivity index (χ2n) is 8.21. The summed E-state index contributed by atoms with van der Waals surface area (Å²) in [5.41, 5.74) is 4.06. The molecule has 0 aliphatic heterocycles. The zero-order valence-electron chi connectivity index (χ0n) is 19.3. The predicted molar refractivity (Wildman–Crippen MR) is 136 cm³/mol. The van der Waals surface area contributed by atoms with Gasteiger partial charge in [0, 0.05) is 28.3 Å². The maximum absolute atomic E-state index is 12.7. The normalized spacial score (nSPS) is 11.0. The van der Waals surface area contributed by atoms with E-state index in [9.17, 15) is 9.59 Å². The van der Waals surface area contributed by atoms with Crippen molar-refractivity contribution in [2.75, 3.05) is 6.61 Å². The molecule has 0 fully saturated rings. The number of esters is 1. The SMILES string of the molecule is CCOC(=O)c1ccccc1Cc1cc2cc(OCc3ccc4ccccc4n3)ccc2[nH]c1=O. The van der Waals surface area contributed by atoms with Gasteiger partial charge in [-0.1, -0.05) is 42.5 Å². The predicted octanol–water partition coefficient (Wildman–Crippen LogP) is 5.42. The Balaban J connectivity index is 1.39. The fraction of sp³-hybridized carbons (Fsp3) is 0.138. The van der Waals surface area contributed by atoms with E-state index in [1.54, 1.807) is 19.1 Å². The van der Waals surface area contributed by atoms with Gasteiger partial charge in [0.05, 0.1) is 23.4 Å². The number of nitrogens with zero attached hydrogens (tertiary/aromatic N) is 1. The number of H-pyrrole nitrogens is 1. The molecule has 0 atom stereocenters. The number of aromatic amines is 1. The number of ether oxygens (including phenoxy) is 2. The molecule has 0 saturated heterocycles. The van der Waals surface area contributed by atoms with Gasteiger partial charge in [0.1, 0.15) is 12.4 Å². The molecular weight excluding hydrogens is 440 g/mol. The quantitative estimate of drug-likeness (QED) is 0.325. The molecule has 0 saturated carbocycles. The van der Waals surface area contributed by atoms with Crippen molar-refractivity contribution in [2.45, 2.75) is 20.0 Å². The third kappa shape index (κ3) is 4.92. The number of pyridine rings is 2. The van der Waals surface area contributed by atoms with Gasteiger partial charge in [-0.25, -0.2) is 9.78 Å². The summed E-state index contributed by atoms with van der Waals surface area (Å²) in [7, 11) is 0.